The first kappa shape index (κ1) is 12.4. The zero-order chi connectivity index (χ0) is 8.15. The van der Waals surface area contributed by atoms with Crippen molar-refractivity contribution in [2.75, 3.05) is 0 Å². The number of hydrogen-bond donors (Lipinski definition) is 1. The van der Waals surface area contributed by atoms with E-state index in [4.69, 9.17) is 5.11 Å². The van der Waals surface area contributed by atoms with Crippen LogP contribution in [0.3, 0.4) is 0 Å². The van der Waals surface area contributed by atoms with Crippen molar-refractivity contribution < 1.29 is 19.8 Å². The highest BCUT2D eigenvalue weighted by Crippen LogP contribution is 1.95. The maximum atomic E-state index is 9.89. The topological polar surface area (TPSA) is 89.7 Å². The smallest absolute Gasteiger partial charge is 0.305 e. The van der Waals surface area contributed by atoms with Crippen LogP contribution in [0.5, 0.6) is 0 Å². The maximum absolute atomic E-state index is 9.89. The molecule has 11 heavy (non-hydrogen) atoms. The van der Waals surface area contributed by atoms with Gasteiger partial charge in [-0.15, -0.1) is 10.1 Å². The second kappa shape index (κ2) is 5.45. The van der Waals surface area contributed by atoms with Crippen molar-refractivity contribution >= 4 is 5.97 Å². The van der Waals surface area contributed by atoms with Gasteiger partial charge >= 0.3 is 5.97 Å². The van der Waals surface area contributed by atoms with Gasteiger partial charge in [0.1, 0.15) is 6.10 Å². The summed E-state index contributed by atoms with van der Waals surface area (Å²) in [5.74, 6) is -1.12. The molecule has 1 unspecified atom stereocenters. The lowest BCUT2D eigenvalue weighted by Crippen LogP contribution is -2.16. The molecule has 6 heteroatoms. The Morgan fingerprint density at radius 3 is 2.55 bits per heavy atom. The zero-order valence-corrected chi connectivity index (χ0v) is 5.31. The van der Waals surface area contributed by atoms with E-state index >= 15 is 0 Å². The fourth-order valence-corrected chi connectivity index (χ4v) is 0.430. The molecule has 1 N–H and O–H groups in total. The summed E-state index contributed by atoms with van der Waals surface area (Å²) in [7, 11) is 0. The van der Waals surface area contributed by atoms with E-state index in [0.717, 1.165) is 0 Å². The van der Waals surface area contributed by atoms with E-state index in [9.17, 15) is 14.9 Å². The average Bonchev–Trinajstić information content (AvgIpc) is 1.58. The highest BCUT2D eigenvalue weighted by atomic mass is 17.0. The molecule has 0 radical (unpaired) electrons. The molecule has 0 aromatic carbocycles. The van der Waals surface area contributed by atoms with Crippen LogP contribution in [-0.2, 0) is 9.63 Å². The van der Waals surface area contributed by atoms with E-state index in [1.54, 1.807) is 0 Å². The van der Waals surface area contributed by atoms with E-state index in [1.807, 2.05) is 0 Å². The summed E-state index contributed by atoms with van der Waals surface area (Å²) in [4.78, 5) is 23.4. The number of rotatable bonds is 4. The number of carboxylic acid groups (broad SMARTS) is 1. The molecule has 1 atom stereocenters. The largest absolute Gasteiger partial charge is 0.481 e. The Morgan fingerprint density at radius 1 is 1.82 bits per heavy atom. The molecule has 0 fully saturated rings. The van der Waals surface area contributed by atoms with Gasteiger partial charge in [-0.05, 0) is 6.92 Å². The van der Waals surface area contributed by atoms with Crippen LogP contribution in [0.2, 0.25) is 0 Å². The molecule has 0 saturated heterocycles. The molecule has 0 rings (SSSR count). The van der Waals surface area contributed by atoms with Crippen molar-refractivity contribution in [2.24, 2.45) is 0 Å². The Balaban J connectivity index is 0. The van der Waals surface area contributed by atoms with Gasteiger partial charge in [-0.25, -0.2) is 0 Å². The average molecular weight is 165 g/mol. The Morgan fingerprint density at radius 2 is 2.27 bits per heavy atom. The second-order valence-corrected chi connectivity index (χ2v) is 1.74. The van der Waals surface area contributed by atoms with Crippen LogP contribution in [0.15, 0.2) is 0 Å². The Bertz CT molecular complexity index is 130. The van der Waals surface area contributed by atoms with Crippen molar-refractivity contribution in [3.63, 3.8) is 0 Å². The van der Waals surface area contributed by atoms with Crippen LogP contribution in [-0.4, -0.2) is 22.3 Å². The molecule has 0 aliphatic rings. The lowest BCUT2D eigenvalue weighted by molar-refractivity contribution is -0.767. The molecule has 6 nitrogen and oxygen atoms in total. The molecule has 0 aliphatic heterocycles. The van der Waals surface area contributed by atoms with Crippen LogP contribution in [0.1, 0.15) is 20.8 Å². The van der Waals surface area contributed by atoms with E-state index in [1.165, 1.54) is 6.92 Å². The first-order valence-corrected chi connectivity index (χ1v) is 2.55. The zero-order valence-electron chi connectivity index (χ0n) is 5.31. The van der Waals surface area contributed by atoms with E-state index in [2.05, 4.69) is 4.84 Å². The standard InChI is InChI=1S/C4H7NO5.CH4/c1-3(2-4(6)7)10-5(8)9;/h3H,2H2,1H3,(H,6,7);1H4. The first-order chi connectivity index (χ1) is 4.52. The lowest BCUT2D eigenvalue weighted by atomic mass is 10.3. The molecule has 66 valence electrons. The number of nitrogens with zero attached hydrogens (tertiary/aromatic N) is 1. The monoisotopic (exact) mass is 165 g/mol. The fourth-order valence-electron chi connectivity index (χ4n) is 0.430. The van der Waals surface area contributed by atoms with Crippen molar-refractivity contribution in [2.45, 2.75) is 26.9 Å². The summed E-state index contributed by atoms with van der Waals surface area (Å²) in [5, 5.41) is 16.7. The Hall–Kier alpha value is -1.33. The fraction of sp³-hybridized carbons (Fsp3) is 0.800. The minimum atomic E-state index is -1.12. The SMILES string of the molecule is C.CC(CC(=O)O)O[N+](=O)[O-]. The number of hydrogen-bond acceptors (Lipinski definition) is 4. The molecular formula is C5H11NO5. The van der Waals surface area contributed by atoms with Crippen molar-refractivity contribution in [1.82, 2.24) is 0 Å². The highest BCUT2D eigenvalue weighted by Gasteiger charge is 2.10. The predicted octanol–water partition coefficient (Wildman–Crippen LogP) is 0.694. The van der Waals surface area contributed by atoms with Crippen LogP contribution in [0.25, 0.3) is 0 Å². The van der Waals surface area contributed by atoms with Crippen LogP contribution in [0, 0.1) is 10.1 Å². The van der Waals surface area contributed by atoms with Crippen molar-refractivity contribution in [3.05, 3.63) is 10.1 Å². The summed E-state index contributed by atoms with van der Waals surface area (Å²) in [6.07, 6.45) is -1.24. The van der Waals surface area contributed by atoms with Gasteiger partial charge in [0.25, 0.3) is 5.09 Å². The van der Waals surface area contributed by atoms with Crippen LogP contribution in [0.4, 0.5) is 0 Å². The minimum Gasteiger partial charge on any atom is -0.481 e. The quantitative estimate of drug-likeness (QED) is 0.489. The van der Waals surface area contributed by atoms with E-state index in [0.29, 0.717) is 0 Å². The normalized spacial score (nSPS) is 11.0. The van der Waals surface area contributed by atoms with Crippen molar-refractivity contribution in [3.8, 4) is 0 Å². The summed E-state index contributed by atoms with van der Waals surface area (Å²) in [5.41, 5.74) is 0. The van der Waals surface area contributed by atoms with Gasteiger partial charge in [0.05, 0.1) is 6.42 Å². The van der Waals surface area contributed by atoms with Crippen LogP contribution >= 0.6 is 0 Å². The van der Waals surface area contributed by atoms with Gasteiger partial charge in [0, 0.05) is 0 Å². The third-order valence-corrected chi connectivity index (χ3v) is 0.728. The van der Waals surface area contributed by atoms with Gasteiger partial charge in [0.2, 0.25) is 0 Å². The third-order valence-electron chi connectivity index (χ3n) is 0.728. The molecule has 0 spiro atoms. The Kier molecular flexibility index (Phi) is 6.13. The lowest BCUT2D eigenvalue weighted by Gasteiger charge is -2.03. The summed E-state index contributed by atoms with van der Waals surface area (Å²) in [6, 6.07) is 0. The van der Waals surface area contributed by atoms with Crippen LogP contribution < -0.4 is 0 Å². The van der Waals surface area contributed by atoms with Gasteiger partial charge in [-0.3, -0.25) is 4.79 Å². The van der Waals surface area contributed by atoms with E-state index < -0.39 is 17.2 Å². The van der Waals surface area contributed by atoms with Gasteiger partial charge in [-0.1, -0.05) is 7.43 Å². The minimum absolute atomic E-state index is 0. The number of aliphatic carboxylic acids is 1. The second-order valence-electron chi connectivity index (χ2n) is 1.74. The third kappa shape index (κ3) is 8.67. The molecular weight excluding hydrogens is 154 g/mol. The summed E-state index contributed by atoms with van der Waals surface area (Å²) >= 11 is 0. The number of carbonyl (C=O) groups is 1. The number of carboxylic acids is 1. The molecule has 0 heterocycles. The van der Waals surface area contributed by atoms with Gasteiger partial charge in [0.15, 0.2) is 0 Å². The Labute approximate surface area is 63.9 Å². The maximum Gasteiger partial charge on any atom is 0.305 e. The first-order valence-electron chi connectivity index (χ1n) is 2.55. The highest BCUT2D eigenvalue weighted by molar-refractivity contribution is 5.67. The molecule has 0 aliphatic carbocycles. The molecule has 0 aromatic rings. The van der Waals surface area contributed by atoms with Gasteiger partial charge in [-0.2, -0.15) is 0 Å². The van der Waals surface area contributed by atoms with Crippen molar-refractivity contribution in [1.29, 1.82) is 0 Å². The molecule has 0 saturated carbocycles. The summed E-state index contributed by atoms with van der Waals surface area (Å²) < 4.78 is 0. The van der Waals surface area contributed by atoms with Gasteiger partial charge < -0.3 is 9.94 Å². The molecule has 0 amide bonds. The molecule has 0 aromatic heterocycles. The predicted molar refractivity (Wildman–Crippen MR) is 36.5 cm³/mol. The summed E-state index contributed by atoms with van der Waals surface area (Å²) in [6.45, 7) is 1.32. The van der Waals surface area contributed by atoms with E-state index in [-0.39, 0.29) is 13.8 Å². The molecule has 0 bridgehead atoms.